The molecule has 4 heteroatoms. The fraction of sp³-hybridized carbons (Fsp3) is 0.235. The van der Waals surface area contributed by atoms with Gasteiger partial charge in [0, 0.05) is 5.69 Å². The van der Waals surface area contributed by atoms with Crippen molar-refractivity contribution in [2.24, 2.45) is 0 Å². The maximum absolute atomic E-state index is 11.9. The molecule has 0 aromatic heterocycles. The molecule has 4 nitrogen and oxygen atoms in total. The number of carbonyl (C=O) groups excluding carboxylic acids is 1. The van der Waals surface area contributed by atoms with Gasteiger partial charge >= 0.3 is 6.03 Å². The molecule has 3 N–H and O–H groups in total. The fourth-order valence-electron chi connectivity index (χ4n) is 2.05. The van der Waals surface area contributed by atoms with E-state index in [9.17, 15) is 9.90 Å². The van der Waals surface area contributed by atoms with E-state index in [1.54, 1.807) is 0 Å². The number of rotatable bonds is 5. The van der Waals surface area contributed by atoms with Crippen molar-refractivity contribution in [1.29, 1.82) is 0 Å². The summed E-state index contributed by atoms with van der Waals surface area (Å²) in [5.74, 6) is 0. The molecule has 0 saturated carbocycles. The second-order valence-electron chi connectivity index (χ2n) is 5.03. The highest BCUT2D eigenvalue weighted by Crippen LogP contribution is 2.08. The standard InChI is InChI=1S/C17H20N2O2/c1-13-7-9-15(10-8-13)18-17(21)19-16(12-20)11-14-5-3-2-4-6-14/h2-10,16,20H,11-12H2,1H3,(H2,18,19,21). The maximum Gasteiger partial charge on any atom is 0.319 e. The Balaban J connectivity index is 1.89. The Morgan fingerprint density at radius 2 is 1.76 bits per heavy atom. The van der Waals surface area contributed by atoms with Crippen LogP contribution in [0.5, 0.6) is 0 Å². The van der Waals surface area contributed by atoms with Crippen molar-refractivity contribution >= 4 is 11.7 Å². The van der Waals surface area contributed by atoms with E-state index in [1.165, 1.54) is 0 Å². The van der Waals surface area contributed by atoms with E-state index in [-0.39, 0.29) is 18.7 Å². The number of urea groups is 1. The minimum atomic E-state index is -0.311. The molecule has 0 radical (unpaired) electrons. The number of hydrogen-bond donors (Lipinski definition) is 3. The van der Waals surface area contributed by atoms with Crippen LogP contribution in [0.3, 0.4) is 0 Å². The van der Waals surface area contributed by atoms with Gasteiger partial charge in [-0.2, -0.15) is 0 Å². The molecule has 2 amide bonds. The van der Waals surface area contributed by atoms with Gasteiger partial charge in [0.05, 0.1) is 12.6 Å². The molecular weight excluding hydrogens is 264 g/mol. The second kappa shape index (κ2) is 7.45. The third-order valence-corrected chi connectivity index (χ3v) is 3.19. The molecule has 2 aromatic carbocycles. The first kappa shape index (κ1) is 15.1. The quantitative estimate of drug-likeness (QED) is 0.790. The number of hydrogen-bond acceptors (Lipinski definition) is 2. The van der Waals surface area contributed by atoms with Crippen LogP contribution in [0.4, 0.5) is 10.5 Å². The minimum absolute atomic E-state index is 0.101. The molecule has 0 heterocycles. The third-order valence-electron chi connectivity index (χ3n) is 3.19. The van der Waals surface area contributed by atoms with Crippen molar-refractivity contribution in [2.75, 3.05) is 11.9 Å². The van der Waals surface area contributed by atoms with Gasteiger partial charge in [-0.05, 0) is 31.0 Å². The summed E-state index contributed by atoms with van der Waals surface area (Å²) in [7, 11) is 0. The summed E-state index contributed by atoms with van der Waals surface area (Å²) in [6, 6.07) is 16.7. The summed E-state index contributed by atoms with van der Waals surface area (Å²) >= 11 is 0. The van der Waals surface area contributed by atoms with Crippen LogP contribution in [-0.2, 0) is 6.42 Å². The van der Waals surface area contributed by atoms with Crippen molar-refractivity contribution in [3.05, 3.63) is 65.7 Å². The van der Waals surface area contributed by atoms with Crippen molar-refractivity contribution in [2.45, 2.75) is 19.4 Å². The highest BCUT2D eigenvalue weighted by molar-refractivity contribution is 5.89. The number of aryl methyl sites for hydroxylation is 1. The predicted molar refractivity (Wildman–Crippen MR) is 84.4 cm³/mol. The minimum Gasteiger partial charge on any atom is -0.394 e. The van der Waals surface area contributed by atoms with E-state index in [1.807, 2.05) is 61.5 Å². The zero-order valence-electron chi connectivity index (χ0n) is 12.0. The van der Waals surface area contributed by atoms with E-state index in [0.717, 1.165) is 16.8 Å². The Labute approximate surface area is 124 Å². The van der Waals surface area contributed by atoms with Gasteiger partial charge < -0.3 is 15.7 Å². The largest absolute Gasteiger partial charge is 0.394 e. The number of benzene rings is 2. The fourth-order valence-corrected chi connectivity index (χ4v) is 2.05. The van der Waals surface area contributed by atoms with Gasteiger partial charge in [0.15, 0.2) is 0 Å². The van der Waals surface area contributed by atoms with Crippen molar-refractivity contribution in [3.63, 3.8) is 0 Å². The van der Waals surface area contributed by atoms with E-state index >= 15 is 0 Å². The van der Waals surface area contributed by atoms with Crippen LogP contribution in [0.15, 0.2) is 54.6 Å². The number of amides is 2. The zero-order chi connectivity index (χ0) is 15.1. The summed E-state index contributed by atoms with van der Waals surface area (Å²) in [6.45, 7) is 1.89. The molecule has 0 aliphatic carbocycles. The first-order chi connectivity index (χ1) is 10.2. The molecule has 0 aliphatic rings. The number of nitrogens with one attached hydrogen (secondary N) is 2. The van der Waals surface area contributed by atoms with Crippen molar-refractivity contribution in [1.82, 2.24) is 5.32 Å². The monoisotopic (exact) mass is 284 g/mol. The number of aliphatic hydroxyl groups is 1. The van der Waals surface area contributed by atoms with Crippen LogP contribution in [0.1, 0.15) is 11.1 Å². The highest BCUT2D eigenvalue weighted by Gasteiger charge is 2.12. The second-order valence-corrected chi connectivity index (χ2v) is 5.03. The van der Waals surface area contributed by atoms with Crippen molar-refractivity contribution < 1.29 is 9.90 Å². The molecule has 0 bridgehead atoms. The Bertz CT molecular complexity index is 567. The van der Waals surface area contributed by atoms with Crippen LogP contribution in [0, 0.1) is 6.92 Å². The van der Waals surface area contributed by atoms with Gasteiger partial charge in [-0.15, -0.1) is 0 Å². The summed E-state index contributed by atoms with van der Waals surface area (Å²) in [5.41, 5.74) is 2.94. The molecule has 1 atom stereocenters. The van der Waals surface area contributed by atoms with Crippen LogP contribution in [0.25, 0.3) is 0 Å². The summed E-state index contributed by atoms with van der Waals surface area (Å²) in [5, 5.41) is 14.9. The smallest absolute Gasteiger partial charge is 0.319 e. The lowest BCUT2D eigenvalue weighted by Gasteiger charge is -2.17. The topological polar surface area (TPSA) is 61.4 Å². The Kier molecular flexibility index (Phi) is 5.35. The lowest BCUT2D eigenvalue weighted by atomic mass is 10.1. The molecule has 0 aliphatic heterocycles. The summed E-state index contributed by atoms with van der Waals surface area (Å²) in [4.78, 5) is 11.9. The molecule has 2 aromatic rings. The average Bonchev–Trinajstić information content (AvgIpc) is 2.50. The zero-order valence-corrected chi connectivity index (χ0v) is 12.0. The molecule has 0 fully saturated rings. The van der Waals surface area contributed by atoms with Gasteiger partial charge in [-0.1, -0.05) is 48.0 Å². The molecule has 2 rings (SSSR count). The number of anilines is 1. The normalized spacial score (nSPS) is 11.7. The Hall–Kier alpha value is -2.33. The SMILES string of the molecule is Cc1ccc(NC(=O)NC(CO)Cc2ccccc2)cc1. The van der Waals surface area contributed by atoms with Crippen LogP contribution >= 0.6 is 0 Å². The number of carbonyl (C=O) groups is 1. The van der Waals surface area contributed by atoms with Crippen LogP contribution < -0.4 is 10.6 Å². The molecular formula is C17H20N2O2. The van der Waals surface area contributed by atoms with Gasteiger partial charge in [0.2, 0.25) is 0 Å². The van der Waals surface area contributed by atoms with Gasteiger partial charge in [0.1, 0.15) is 0 Å². The number of aliphatic hydroxyl groups excluding tert-OH is 1. The molecule has 21 heavy (non-hydrogen) atoms. The summed E-state index contributed by atoms with van der Waals surface area (Å²) in [6.07, 6.45) is 0.596. The Morgan fingerprint density at radius 1 is 1.10 bits per heavy atom. The van der Waals surface area contributed by atoms with Gasteiger partial charge in [0.25, 0.3) is 0 Å². The molecule has 0 saturated heterocycles. The first-order valence-corrected chi connectivity index (χ1v) is 6.96. The van der Waals surface area contributed by atoms with E-state index in [2.05, 4.69) is 10.6 Å². The van der Waals surface area contributed by atoms with Gasteiger partial charge in [-0.3, -0.25) is 0 Å². The van der Waals surface area contributed by atoms with E-state index in [4.69, 9.17) is 0 Å². The highest BCUT2D eigenvalue weighted by atomic mass is 16.3. The average molecular weight is 284 g/mol. The Morgan fingerprint density at radius 3 is 2.38 bits per heavy atom. The third kappa shape index (κ3) is 4.93. The first-order valence-electron chi connectivity index (χ1n) is 6.96. The lowest BCUT2D eigenvalue weighted by Crippen LogP contribution is -2.41. The van der Waals surface area contributed by atoms with Crippen molar-refractivity contribution in [3.8, 4) is 0 Å². The van der Waals surface area contributed by atoms with E-state index in [0.29, 0.717) is 6.42 Å². The molecule has 110 valence electrons. The van der Waals surface area contributed by atoms with E-state index < -0.39 is 0 Å². The molecule has 0 spiro atoms. The van der Waals surface area contributed by atoms with Crippen LogP contribution in [0.2, 0.25) is 0 Å². The lowest BCUT2D eigenvalue weighted by molar-refractivity contribution is 0.224. The van der Waals surface area contributed by atoms with Crippen LogP contribution in [-0.4, -0.2) is 23.8 Å². The molecule has 1 unspecified atom stereocenters. The maximum atomic E-state index is 11.9. The predicted octanol–water partition coefficient (Wildman–Crippen LogP) is 2.72. The van der Waals surface area contributed by atoms with Gasteiger partial charge in [-0.25, -0.2) is 4.79 Å². The summed E-state index contributed by atoms with van der Waals surface area (Å²) < 4.78 is 0.